The third kappa shape index (κ3) is 8.06. The smallest absolute Gasteiger partial charge is 0.406 e. The number of halogens is 4. The number of aliphatic imine (C=N–C) groups is 1. The predicted molar refractivity (Wildman–Crippen MR) is 163 cm³/mol. The van der Waals surface area contributed by atoms with E-state index >= 15 is 0 Å². The first-order valence-electron chi connectivity index (χ1n) is 14.0. The van der Waals surface area contributed by atoms with Crippen LogP contribution < -0.4 is 15.0 Å². The first-order valence-corrected chi connectivity index (χ1v) is 15.0. The Bertz CT molecular complexity index is 1740. The number of rotatable bonds is 9. The van der Waals surface area contributed by atoms with Crippen LogP contribution in [0.15, 0.2) is 72.0 Å². The fourth-order valence-corrected chi connectivity index (χ4v) is 5.54. The maximum atomic E-state index is 14.9. The quantitative estimate of drug-likeness (QED) is 0.197. The molecule has 45 heavy (non-hydrogen) atoms. The highest BCUT2D eigenvalue weighted by atomic mass is 32.2. The lowest BCUT2D eigenvalue weighted by Gasteiger charge is -2.20. The fraction of sp³-hybridized carbons (Fsp3) is 0.258. The van der Waals surface area contributed by atoms with Crippen molar-refractivity contribution in [3.63, 3.8) is 0 Å². The van der Waals surface area contributed by atoms with Crippen molar-refractivity contribution in [2.75, 3.05) is 16.0 Å². The molecule has 1 aliphatic rings. The number of aromatic nitrogens is 3. The number of hydrogen-bond donors (Lipinski definition) is 1. The Balaban J connectivity index is 1.21. The topological polar surface area (TPSA) is 102 Å². The van der Waals surface area contributed by atoms with Crippen LogP contribution >= 0.6 is 11.8 Å². The molecule has 1 fully saturated rings. The molecule has 1 aromatic heterocycles. The molecule has 1 aliphatic heterocycles. The highest BCUT2D eigenvalue weighted by Crippen LogP contribution is 2.32. The molecule has 3 aromatic carbocycles. The van der Waals surface area contributed by atoms with Crippen molar-refractivity contribution in [2.45, 2.75) is 45.9 Å². The van der Waals surface area contributed by atoms with Crippen LogP contribution in [0.3, 0.4) is 0 Å². The summed E-state index contributed by atoms with van der Waals surface area (Å²) in [6.45, 7) is 3.97. The van der Waals surface area contributed by atoms with Crippen molar-refractivity contribution in [1.82, 2.24) is 14.8 Å². The second-order valence-corrected chi connectivity index (χ2v) is 11.1. The number of aryl methyl sites for hydroxylation is 4. The number of nitrogens with zero attached hydrogens (tertiary/aromatic N) is 5. The molecule has 0 aliphatic carbocycles. The van der Waals surface area contributed by atoms with E-state index in [1.165, 1.54) is 52.3 Å². The fourth-order valence-electron chi connectivity index (χ4n) is 4.68. The number of thioether (sulfide) groups is 1. The zero-order chi connectivity index (χ0) is 32.1. The molecular weight excluding hydrogens is 612 g/mol. The summed E-state index contributed by atoms with van der Waals surface area (Å²) in [6, 6.07) is 14.6. The molecule has 0 atom stereocenters. The SMILES string of the molecule is CCCc1ccc(C)cc1N1C(=O)CS/C1=N\C(=O)Nc1ccc(CCc2ncn(-c3ccc(OC(F)(F)F)cc3)n2)cc1F. The summed E-state index contributed by atoms with van der Waals surface area (Å²) < 4.78 is 57.4. The zero-order valence-electron chi connectivity index (χ0n) is 24.3. The molecule has 0 saturated carbocycles. The van der Waals surface area contributed by atoms with Crippen molar-refractivity contribution in [3.8, 4) is 11.4 Å². The summed E-state index contributed by atoms with van der Waals surface area (Å²) in [5.74, 6) is -0.596. The van der Waals surface area contributed by atoms with Crippen molar-refractivity contribution < 1.29 is 31.9 Å². The predicted octanol–water partition coefficient (Wildman–Crippen LogP) is 7.02. The lowest BCUT2D eigenvalue weighted by atomic mass is 10.0. The van der Waals surface area contributed by atoms with E-state index in [0.29, 0.717) is 35.6 Å². The van der Waals surface area contributed by atoms with Gasteiger partial charge in [0.25, 0.3) is 0 Å². The molecule has 2 heterocycles. The van der Waals surface area contributed by atoms with Gasteiger partial charge in [-0.1, -0.05) is 43.3 Å². The number of urea groups is 1. The average molecular weight is 641 g/mol. The van der Waals surface area contributed by atoms with Crippen LogP contribution in [0.25, 0.3) is 5.69 Å². The van der Waals surface area contributed by atoms with Crippen LogP contribution in [0.5, 0.6) is 5.75 Å². The lowest BCUT2D eigenvalue weighted by Crippen LogP contribution is -2.31. The second kappa shape index (κ2) is 13.5. The summed E-state index contributed by atoms with van der Waals surface area (Å²) in [6.07, 6.45) is -0.956. The van der Waals surface area contributed by atoms with Gasteiger partial charge in [-0.05, 0) is 78.9 Å². The van der Waals surface area contributed by atoms with E-state index in [2.05, 4.69) is 25.1 Å². The number of carbonyl (C=O) groups excluding carboxylic acids is 2. The van der Waals surface area contributed by atoms with Gasteiger partial charge in [-0.15, -0.1) is 13.2 Å². The minimum absolute atomic E-state index is 0.0587. The number of anilines is 2. The van der Waals surface area contributed by atoms with Crippen molar-refractivity contribution in [2.24, 2.45) is 4.99 Å². The summed E-state index contributed by atoms with van der Waals surface area (Å²) >= 11 is 1.15. The van der Waals surface area contributed by atoms with Crippen molar-refractivity contribution in [1.29, 1.82) is 0 Å². The number of nitrogens with one attached hydrogen (secondary N) is 1. The Morgan fingerprint density at radius 1 is 1.07 bits per heavy atom. The van der Waals surface area contributed by atoms with Gasteiger partial charge in [0, 0.05) is 6.42 Å². The van der Waals surface area contributed by atoms with Gasteiger partial charge >= 0.3 is 12.4 Å². The molecule has 0 unspecified atom stereocenters. The van der Waals surface area contributed by atoms with Crippen LogP contribution in [0.2, 0.25) is 0 Å². The summed E-state index contributed by atoms with van der Waals surface area (Å²) in [7, 11) is 0. The van der Waals surface area contributed by atoms with Crippen LogP contribution in [-0.4, -0.2) is 44.0 Å². The second-order valence-electron chi connectivity index (χ2n) is 10.2. The van der Waals surface area contributed by atoms with E-state index < -0.39 is 18.2 Å². The van der Waals surface area contributed by atoms with Crippen LogP contribution in [0.4, 0.5) is 33.7 Å². The number of ether oxygens (including phenoxy) is 1. The third-order valence-electron chi connectivity index (χ3n) is 6.75. The molecule has 234 valence electrons. The minimum atomic E-state index is -4.78. The number of amidine groups is 1. The number of alkyl halides is 3. The first kappa shape index (κ1) is 31.7. The highest BCUT2D eigenvalue weighted by Gasteiger charge is 2.32. The minimum Gasteiger partial charge on any atom is -0.406 e. The summed E-state index contributed by atoms with van der Waals surface area (Å²) in [4.78, 5) is 35.3. The lowest BCUT2D eigenvalue weighted by molar-refractivity contribution is -0.274. The van der Waals surface area contributed by atoms with Gasteiger partial charge in [0.05, 0.1) is 22.8 Å². The third-order valence-corrected chi connectivity index (χ3v) is 7.67. The Morgan fingerprint density at radius 3 is 2.56 bits per heavy atom. The molecule has 0 bridgehead atoms. The standard InChI is InChI=1S/C31H28F4N6O3S/c1-3-4-21-8-5-19(2)15-26(21)41-28(42)17-45-30(41)38-29(43)37-25-13-6-20(16-24(25)32)7-14-27-36-18-40(39-27)22-9-11-23(12-10-22)44-31(33,34)35/h5-6,8-13,15-16,18H,3-4,7,14,17H2,1-2H3,(H,37,43)/b38-30-. The molecule has 0 spiro atoms. The Hall–Kier alpha value is -4.72. The monoisotopic (exact) mass is 640 g/mol. The average Bonchev–Trinajstić information content (AvgIpc) is 3.60. The Labute approximate surface area is 260 Å². The largest absolute Gasteiger partial charge is 0.573 e. The van der Waals surface area contributed by atoms with Gasteiger partial charge in [-0.3, -0.25) is 9.69 Å². The van der Waals surface area contributed by atoms with E-state index in [1.54, 1.807) is 6.07 Å². The maximum absolute atomic E-state index is 14.9. The van der Waals surface area contributed by atoms with E-state index in [1.807, 2.05) is 32.0 Å². The number of benzene rings is 3. The normalized spacial score (nSPS) is 14.3. The van der Waals surface area contributed by atoms with Crippen LogP contribution in [-0.2, 0) is 24.1 Å². The highest BCUT2D eigenvalue weighted by molar-refractivity contribution is 8.15. The molecule has 4 aromatic rings. The van der Waals surface area contributed by atoms with E-state index in [9.17, 15) is 27.2 Å². The summed E-state index contributed by atoms with van der Waals surface area (Å²) in [5.41, 5.74) is 3.70. The van der Waals surface area contributed by atoms with Gasteiger partial charge in [-0.2, -0.15) is 10.1 Å². The Kier molecular flexibility index (Phi) is 9.51. The maximum Gasteiger partial charge on any atom is 0.573 e. The van der Waals surface area contributed by atoms with Crippen LogP contribution in [0, 0.1) is 12.7 Å². The molecule has 5 rings (SSSR count). The molecule has 1 saturated heterocycles. The van der Waals surface area contributed by atoms with Crippen LogP contribution in [0.1, 0.15) is 35.9 Å². The van der Waals surface area contributed by atoms with E-state index in [0.717, 1.165) is 35.7 Å². The number of amides is 3. The van der Waals surface area contributed by atoms with Crippen molar-refractivity contribution >= 4 is 40.2 Å². The molecular formula is C31H28F4N6O3S. The Morgan fingerprint density at radius 2 is 1.84 bits per heavy atom. The van der Waals surface area contributed by atoms with E-state index in [4.69, 9.17) is 0 Å². The number of carbonyl (C=O) groups is 2. The van der Waals surface area contributed by atoms with Gasteiger partial charge in [0.2, 0.25) is 5.91 Å². The first-order chi connectivity index (χ1) is 21.5. The van der Waals surface area contributed by atoms with E-state index in [-0.39, 0.29) is 28.3 Å². The summed E-state index contributed by atoms with van der Waals surface area (Å²) in [5, 5.41) is 7.02. The number of hydrogen-bond acceptors (Lipinski definition) is 6. The van der Waals surface area contributed by atoms with Gasteiger partial charge in [0.15, 0.2) is 11.0 Å². The van der Waals surface area contributed by atoms with Gasteiger partial charge in [0.1, 0.15) is 17.9 Å². The molecule has 3 amide bonds. The molecule has 9 nitrogen and oxygen atoms in total. The van der Waals surface area contributed by atoms with Gasteiger partial charge < -0.3 is 10.1 Å². The molecule has 1 N–H and O–H groups in total. The molecule has 0 radical (unpaired) electrons. The zero-order valence-corrected chi connectivity index (χ0v) is 25.1. The molecule has 14 heteroatoms. The van der Waals surface area contributed by atoms with Crippen molar-refractivity contribution in [3.05, 3.63) is 95.3 Å². The van der Waals surface area contributed by atoms with Gasteiger partial charge in [-0.25, -0.2) is 18.9 Å².